The summed E-state index contributed by atoms with van der Waals surface area (Å²) in [4.78, 5) is 4.39. The van der Waals surface area contributed by atoms with E-state index in [1.54, 1.807) is 23.7 Å². The zero-order valence-electron chi connectivity index (χ0n) is 12.6. The summed E-state index contributed by atoms with van der Waals surface area (Å²) in [5.74, 6) is 2.37. The molecule has 7 nitrogen and oxygen atoms in total. The normalized spacial score (nSPS) is 11.2. The van der Waals surface area contributed by atoms with Gasteiger partial charge in [0.2, 0.25) is 11.7 Å². The predicted molar refractivity (Wildman–Crippen MR) is 87.7 cm³/mol. The van der Waals surface area contributed by atoms with Crippen LogP contribution in [-0.2, 0) is 12.2 Å². The molecule has 4 heterocycles. The molecule has 9 heteroatoms. The van der Waals surface area contributed by atoms with E-state index in [9.17, 15) is 0 Å². The van der Waals surface area contributed by atoms with E-state index in [2.05, 4.69) is 20.3 Å². The van der Waals surface area contributed by atoms with Gasteiger partial charge in [0.25, 0.3) is 5.22 Å². The van der Waals surface area contributed by atoms with E-state index in [0.717, 1.165) is 16.4 Å². The second-order valence-electron chi connectivity index (χ2n) is 4.94. The van der Waals surface area contributed by atoms with Crippen molar-refractivity contribution in [2.45, 2.75) is 24.3 Å². The minimum absolute atomic E-state index is 0.500. The Hall–Kier alpha value is -2.39. The molecule has 0 atom stereocenters. The van der Waals surface area contributed by atoms with E-state index < -0.39 is 0 Å². The van der Waals surface area contributed by atoms with Crippen molar-refractivity contribution >= 4 is 23.1 Å². The minimum Gasteiger partial charge on any atom is -0.461 e. The van der Waals surface area contributed by atoms with Crippen LogP contribution in [0.15, 0.2) is 48.4 Å². The summed E-state index contributed by atoms with van der Waals surface area (Å²) in [6.45, 7) is 1.97. The van der Waals surface area contributed by atoms with Gasteiger partial charge in [-0.2, -0.15) is 0 Å². The van der Waals surface area contributed by atoms with Crippen LogP contribution in [0.4, 0.5) is 0 Å². The first-order valence-electron chi connectivity index (χ1n) is 7.12. The highest BCUT2D eigenvalue weighted by atomic mass is 32.2. The molecule has 4 aromatic rings. The highest BCUT2D eigenvalue weighted by Gasteiger charge is 2.13. The summed E-state index contributed by atoms with van der Waals surface area (Å²) in [6, 6.07) is 5.46. The molecule has 0 N–H and O–H groups in total. The highest BCUT2D eigenvalue weighted by Crippen LogP contribution is 2.25. The fourth-order valence-electron chi connectivity index (χ4n) is 2.06. The summed E-state index contributed by atoms with van der Waals surface area (Å²) in [5, 5.41) is 15.6. The Morgan fingerprint density at radius 3 is 2.96 bits per heavy atom. The average Bonchev–Trinajstić information content (AvgIpc) is 3.34. The van der Waals surface area contributed by atoms with Crippen LogP contribution in [-0.4, -0.2) is 20.3 Å². The van der Waals surface area contributed by atoms with Gasteiger partial charge in [-0.25, -0.2) is 4.98 Å². The van der Waals surface area contributed by atoms with Crippen LogP contribution in [0.2, 0.25) is 0 Å². The maximum absolute atomic E-state index is 5.63. The van der Waals surface area contributed by atoms with Crippen LogP contribution >= 0.6 is 23.1 Å². The lowest BCUT2D eigenvalue weighted by atomic mass is 10.3. The summed E-state index contributed by atoms with van der Waals surface area (Å²) >= 11 is 3.02. The van der Waals surface area contributed by atoms with Gasteiger partial charge in [0.1, 0.15) is 0 Å². The van der Waals surface area contributed by atoms with Crippen molar-refractivity contribution in [2.24, 2.45) is 0 Å². The van der Waals surface area contributed by atoms with Crippen LogP contribution < -0.4 is 0 Å². The average molecular weight is 360 g/mol. The second kappa shape index (κ2) is 6.62. The van der Waals surface area contributed by atoms with E-state index >= 15 is 0 Å². The van der Waals surface area contributed by atoms with E-state index in [-0.39, 0.29) is 0 Å². The fraction of sp³-hybridized carbons (Fsp3) is 0.200. The van der Waals surface area contributed by atoms with E-state index in [1.807, 2.05) is 24.4 Å². The molecule has 0 bridgehead atoms. The predicted octanol–water partition coefficient (Wildman–Crippen LogP) is 3.97. The molecule has 0 unspecified atom stereocenters. The third kappa shape index (κ3) is 3.41. The SMILES string of the molecule is Cc1nc(Cc2nnc(SCc3cc(-c4ccco4)on3)o2)cs1. The Labute approximate surface area is 145 Å². The molecule has 24 heavy (non-hydrogen) atoms. The zero-order chi connectivity index (χ0) is 16.4. The molecule has 0 saturated carbocycles. The summed E-state index contributed by atoms with van der Waals surface area (Å²) < 4.78 is 16.2. The van der Waals surface area contributed by atoms with Gasteiger partial charge in [-0.3, -0.25) is 0 Å². The molecule has 0 aromatic carbocycles. The van der Waals surface area contributed by atoms with Gasteiger partial charge in [-0.05, 0) is 19.1 Å². The number of hydrogen-bond acceptors (Lipinski definition) is 9. The van der Waals surface area contributed by atoms with Gasteiger partial charge in [0, 0.05) is 17.2 Å². The van der Waals surface area contributed by atoms with E-state index in [1.165, 1.54) is 11.8 Å². The monoisotopic (exact) mass is 360 g/mol. The Morgan fingerprint density at radius 1 is 1.21 bits per heavy atom. The number of hydrogen-bond donors (Lipinski definition) is 0. The van der Waals surface area contributed by atoms with Crippen molar-refractivity contribution < 1.29 is 13.4 Å². The molecule has 0 aliphatic rings. The van der Waals surface area contributed by atoms with Gasteiger partial charge in [-0.1, -0.05) is 16.9 Å². The number of aromatic nitrogens is 4. The largest absolute Gasteiger partial charge is 0.461 e. The van der Waals surface area contributed by atoms with Crippen LogP contribution in [0, 0.1) is 6.92 Å². The smallest absolute Gasteiger partial charge is 0.276 e. The molecule has 0 fully saturated rings. The fourth-order valence-corrected chi connectivity index (χ4v) is 3.34. The van der Waals surface area contributed by atoms with Crippen molar-refractivity contribution in [2.75, 3.05) is 0 Å². The first-order chi connectivity index (χ1) is 11.8. The molecule has 0 saturated heterocycles. The third-order valence-corrected chi connectivity index (χ3v) is 4.79. The molecule has 0 radical (unpaired) electrons. The summed E-state index contributed by atoms with van der Waals surface area (Å²) in [7, 11) is 0. The van der Waals surface area contributed by atoms with E-state index in [0.29, 0.717) is 34.8 Å². The maximum atomic E-state index is 5.63. The number of rotatable bonds is 6. The van der Waals surface area contributed by atoms with Gasteiger partial charge in [-0.15, -0.1) is 21.5 Å². The van der Waals surface area contributed by atoms with Crippen LogP contribution in [0.3, 0.4) is 0 Å². The molecule has 4 rings (SSSR count). The summed E-state index contributed by atoms with van der Waals surface area (Å²) in [6.07, 6.45) is 2.14. The second-order valence-corrected chi connectivity index (χ2v) is 6.93. The molecule has 0 aliphatic carbocycles. The number of furan rings is 1. The molecular weight excluding hydrogens is 348 g/mol. The lowest BCUT2D eigenvalue weighted by molar-refractivity contribution is 0.411. The van der Waals surface area contributed by atoms with E-state index in [4.69, 9.17) is 13.4 Å². The Bertz CT molecular complexity index is 926. The zero-order valence-corrected chi connectivity index (χ0v) is 14.3. The van der Waals surface area contributed by atoms with Gasteiger partial charge in [0.15, 0.2) is 5.76 Å². The lowest BCUT2D eigenvalue weighted by Crippen LogP contribution is -1.88. The number of thiazole rings is 1. The minimum atomic E-state index is 0.500. The van der Waals surface area contributed by atoms with Crippen molar-refractivity contribution in [1.82, 2.24) is 20.3 Å². The van der Waals surface area contributed by atoms with Crippen LogP contribution in [0.5, 0.6) is 0 Å². The summed E-state index contributed by atoms with van der Waals surface area (Å²) in [5.41, 5.74) is 1.72. The first kappa shape index (κ1) is 15.2. The Morgan fingerprint density at radius 2 is 2.17 bits per heavy atom. The van der Waals surface area contributed by atoms with Crippen LogP contribution in [0.1, 0.15) is 22.3 Å². The molecule has 4 aromatic heterocycles. The van der Waals surface area contributed by atoms with Crippen molar-refractivity contribution in [3.8, 4) is 11.5 Å². The third-order valence-electron chi connectivity index (χ3n) is 3.11. The van der Waals surface area contributed by atoms with Crippen molar-refractivity contribution in [3.05, 3.63) is 52.1 Å². The topological polar surface area (TPSA) is 91.0 Å². The highest BCUT2D eigenvalue weighted by molar-refractivity contribution is 7.98. The molecule has 0 spiro atoms. The molecule has 0 aliphatic heterocycles. The van der Waals surface area contributed by atoms with Crippen molar-refractivity contribution in [1.29, 1.82) is 0 Å². The molecule has 122 valence electrons. The molecular formula is C15H12N4O3S2. The Kier molecular flexibility index (Phi) is 4.18. The van der Waals surface area contributed by atoms with Gasteiger partial charge < -0.3 is 13.4 Å². The van der Waals surface area contributed by atoms with Gasteiger partial charge >= 0.3 is 0 Å². The molecule has 0 amide bonds. The van der Waals surface area contributed by atoms with Crippen LogP contribution in [0.25, 0.3) is 11.5 Å². The number of aryl methyl sites for hydroxylation is 1. The maximum Gasteiger partial charge on any atom is 0.276 e. The van der Waals surface area contributed by atoms with Crippen molar-refractivity contribution in [3.63, 3.8) is 0 Å². The first-order valence-corrected chi connectivity index (χ1v) is 8.98. The number of nitrogens with zero attached hydrogens (tertiary/aromatic N) is 4. The standard InChI is InChI=1S/C15H12N4O3S2/c1-9-16-10(7-23-9)6-14-17-18-15(21-14)24-8-11-5-13(22-19-11)12-3-2-4-20-12/h2-5,7H,6,8H2,1H3. The lowest BCUT2D eigenvalue weighted by Gasteiger charge is -1.91. The Balaban J connectivity index is 1.36. The quantitative estimate of drug-likeness (QED) is 0.477. The number of thioether (sulfide) groups is 1. The van der Waals surface area contributed by atoms with Gasteiger partial charge in [0.05, 0.1) is 29.1 Å².